The van der Waals surface area contributed by atoms with Gasteiger partial charge in [-0.25, -0.2) is 4.79 Å². The van der Waals surface area contributed by atoms with Crippen LogP contribution in [0.5, 0.6) is 0 Å². The molecule has 6 nitrogen and oxygen atoms in total. The maximum atomic E-state index is 12.4. The topological polar surface area (TPSA) is 59.4 Å². The molecular formula is C14H22N4O2. The lowest BCUT2D eigenvalue weighted by atomic mass is 10.0. The van der Waals surface area contributed by atoms with Gasteiger partial charge < -0.3 is 15.0 Å². The van der Waals surface area contributed by atoms with Crippen LogP contribution in [0.3, 0.4) is 0 Å². The molecule has 1 aliphatic heterocycles. The van der Waals surface area contributed by atoms with Gasteiger partial charge in [0.15, 0.2) is 0 Å². The van der Waals surface area contributed by atoms with Crippen molar-refractivity contribution in [2.75, 3.05) is 19.8 Å². The zero-order chi connectivity index (χ0) is 14.3. The van der Waals surface area contributed by atoms with Crippen LogP contribution in [-0.2, 0) is 11.8 Å². The number of aromatic nitrogens is 2. The number of rotatable bonds is 2. The molecule has 2 amide bonds. The van der Waals surface area contributed by atoms with Crippen LogP contribution in [0.1, 0.15) is 35.8 Å². The van der Waals surface area contributed by atoms with Crippen molar-refractivity contribution < 1.29 is 9.53 Å². The van der Waals surface area contributed by atoms with Gasteiger partial charge in [0.25, 0.3) is 0 Å². The number of morpholine rings is 1. The summed E-state index contributed by atoms with van der Waals surface area (Å²) in [6.45, 7) is 5.82. The molecule has 1 aromatic heterocycles. The highest BCUT2D eigenvalue weighted by molar-refractivity contribution is 5.75. The summed E-state index contributed by atoms with van der Waals surface area (Å²) in [5.41, 5.74) is 3.20. The molecule has 110 valence electrons. The molecule has 0 spiro atoms. The molecule has 0 radical (unpaired) electrons. The van der Waals surface area contributed by atoms with E-state index in [4.69, 9.17) is 4.74 Å². The van der Waals surface area contributed by atoms with Gasteiger partial charge in [-0.05, 0) is 26.7 Å². The monoisotopic (exact) mass is 278 g/mol. The highest BCUT2D eigenvalue weighted by Crippen LogP contribution is 2.30. The lowest BCUT2D eigenvalue weighted by Crippen LogP contribution is -2.48. The highest BCUT2D eigenvalue weighted by atomic mass is 16.5. The van der Waals surface area contributed by atoms with Crippen molar-refractivity contribution in [3.63, 3.8) is 0 Å². The maximum absolute atomic E-state index is 12.4. The third-order valence-corrected chi connectivity index (χ3v) is 4.19. The van der Waals surface area contributed by atoms with Crippen LogP contribution in [0.15, 0.2) is 0 Å². The van der Waals surface area contributed by atoms with E-state index < -0.39 is 0 Å². The standard InChI is InChI=1S/C14H22N4O2/c1-9-13(10(2)17(3)16-9)12-8-20-7-6-18(12)14(19)15-11-4-5-11/h11-12H,4-8H2,1-3H3,(H,15,19). The van der Waals surface area contributed by atoms with Crippen molar-refractivity contribution in [2.45, 2.75) is 38.8 Å². The third-order valence-electron chi connectivity index (χ3n) is 4.19. The zero-order valence-electron chi connectivity index (χ0n) is 12.3. The molecular weight excluding hydrogens is 256 g/mol. The van der Waals surface area contributed by atoms with Gasteiger partial charge in [-0.15, -0.1) is 0 Å². The van der Waals surface area contributed by atoms with E-state index in [0.29, 0.717) is 25.8 Å². The van der Waals surface area contributed by atoms with Crippen LogP contribution in [0, 0.1) is 13.8 Å². The Morgan fingerprint density at radius 3 is 2.75 bits per heavy atom. The van der Waals surface area contributed by atoms with Crippen LogP contribution in [-0.4, -0.2) is 46.5 Å². The van der Waals surface area contributed by atoms with Gasteiger partial charge in [0, 0.05) is 30.9 Å². The summed E-state index contributed by atoms with van der Waals surface area (Å²) in [5.74, 6) is 0. The fourth-order valence-electron chi connectivity index (χ4n) is 2.84. The fourth-order valence-corrected chi connectivity index (χ4v) is 2.84. The Balaban J connectivity index is 1.85. The summed E-state index contributed by atoms with van der Waals surface area (Å²) in [6.07, 6.45) is 2.21. The van der Waals surface area contributed by atoms with Gasteiger partial charge in [0.2, 0.25) is 0 Å². The summed E-state index contributed by atoms with van der Waals surface area (Å²) < 4.78 is 7.47. The van der Waals surface area contributed by atoms with Gasteiger partial charge in [-0.1, -0.05) is 0 Å². The highest BCUT2D eigenvalue weighted by Gasteiger charge is 2.34. The molecule has 1 saturated carbocycles. The SMILES string of the molecule is Cc1nn(C)c(C)c1C1COCCN1C(=O)NC1CC1. The minimum atomic E-state index is -0.0313. The molecule has 0 bridgehead atoms. The molecule has 2 aliphatic rings. The Kier molecular flexibility index (Phi) is 3.41. The Hall–Kier alpha value is -1.56. The van der Waals surface area contributed by atoms with Gasteiger partial charge in [0.1, 0.15) is 0 Å². The number of hydrogen-bond donors (Lipinski definition) is 1. The van der Waals surface area contributed by atoms with Crippen LogP contribution >= 0.6 is 0 Å². The van der Waals surface area contributed by atoms with Crippen molar-refractivity contribution in [3.8, 4) is 0 Å². The van der Waals surface area contributed by atoms with E-state index in [1.165, 1.54) is 0 Å². The molecule has 1 aliphatic carbocycles. The van der Waals surface area contributed by atoms with Gasteiger partial charge in [0.05, 0.1) is 24.9 Å². The predicted octanol–water partition coefficient (Wildman–Crippen LogP) is 1.28. The first-order valence-electron chi connectivity index (χ1n) is 7.23. The van der Waals surface area contributed by atoms with Gasteiger partial charge >= 0.3 is 6.03 Å². The quantitative estimate of drug-likeness (QED) is 0.886. The normalized spacial score (nSPS) is 22.9. The van der Waals surface area contributed by atoms with E-state index in [9.17, 15) is 4.79 Å². The number of nitrogens with zero attached hydrogens (tertiary/aromatic N) is 3. The van der Waals surface area contributed by atoms with E-state index in [-0.39, 0.29) is 12.1 Å². The molecule has 1 aromatic rings. The lowest BCUT2D eigenvalue weighted by molar-refractivity contribution is 0.0111. The average Bonchev–Trinajstić information content (AvgIpc) is 3.18. The van der Waals surface area contributed by atoms with E-state index in [2.05, 4.69) is 10.4 Å². The van der Waals surface area contributed by atoms with Gasteiger partial charge in [-0.3, -0.25) is 4.68 Å². The number of aryl methyl sites for hydroxylation is 2. The Labute approximate surface area is 119 Å². The number of urea groups is 1. The number of carbonyl (C=O) groups is 1. The second-order valence-corrected chi connectivity index (χ2v) is 5.72. The van der Waals surface area contributed by atoms with E-state index in [0.717, 1.165) is 29.8 Å². The van der Waals surface area contributed by atoms with Crippen LogP contribution in [0.25, 0.3) is 0 Å². The number of nitrogens with one attached hydrogen (secondary N) is 1. The Bertz CT molecular complexity index is 521. The van der Waals surface area contributed by atoms with Crippen molar-refractivity contribution >= 4 is 6.03 Å². The molecule has 1 N–H and O–H groups in total. The second-order valence-electron chi connectivity index (χ2n) is 5.72. The molecule has 0 aromatic carbocycles. The van der Waals surface area contributed by atoms with Crippen LogP contribution in [0.4, 0.5) is 4.79 Å². The van der Waals surface area contributed by atoms with E-state index in [1.807, 2.05) is 30.5 Å². The number of hydrogen-bond acceptors (Lipinski definition) is 3. The van der Waals surface area contributed by atoms with Gasteiger partial charge in [-0.2, -0.15) is 5.10 Å². The average molecular weight is 278 g/mol. The molecule has 3 rings (SSSR count). The largest absolute Gasteiger partial charge is 0.377 e. The second kappa shape index (κ2) is 5.09. The van der Waals surface area contributed by atoms with Crippen molar-refractivity contribution in [1.82, 2.24) is 20.0 Å². The summed E-state index contributed by atoms with van der Waals surface area (Å²) >= 11 is 0. The van der Waals surface area contributed by atoms with Crippen LogP contribution < -0.4 is 5.32 Å². The first kappa shape index (κ1) is 13.4. The zero-order valence-corrected chi connectivity index (χ0v) is 12.3. The minimum absolute atomic E-state index is 0.0310. The molecule has 2 fully saturated rings. The van der Waals surface area contributed by atoms with Crippen molar-refractivity contribution in [3.05, 3.63) is 17.0 Å². The van der Waals surface area contributed by atoms with E-state index in [1.54, 1.807) is 0 Å². The van der Waals surface area contributed by atoms with E-state index >= 15 is 0 Å². The number of carbonyl (C=O) groups excluding carboxylic acids is 1. The summed E-state index contributed by atoms with van der Waals surface area (Å²) in [5, 5.41) is 7.53. The molecule has 2 heterocycles. The number of ether oxygens (including phenoxy) is 1. The first-order valence-corrected chi connectivity index (χ1v) is 7.23. The molecule has 1 unspecified atom stereocenters. The third kappa shape index (κ3) is 2.40. The Morgan fingerprint density at radius 1 is 1.40 bits per heavy atom. The molecule has 1 atom stereocenters. The van der Waals surface area contributed by atoms with Crippen molar-refractivity contribution in [2.24, 2.45) is 7.05 Å². The number of amides is 2. The first-order chi connectivity index (χ1) is 9.58. The van der Waals surface area contributed by atoms with Crippen LogP contribution in [0.2, 0.25) is 0 Å². The fraction of sp³-hybridized carbons (Fsp3) is 0.714. The molecule has 6 heteroatoms. The maximum Gasteiger partial charge on any atom is 0.318 e. The minimum Gasteiger partial charge on any atom is -0.377 e. The summed E-state index contributed by atoms with van der Waals surface area (Å²) in [7, 11) is 1.93. The predicted molar refractivity (Wildman–Crippen MR) is 74.5 cm³/mol. The smallest absolute Gasteiger partial charge is 0.318 e. The lowest BCUT2D eigenvalue weighted by Gasteiger charge is -2.36. The summed E-state index contributed by atoms with van der Waals surface area (Å²) in [6, 6.07) is 0.377. The Morgan fingerprint density at radius 2 is 2.15 bits per heavy atom. The van der Waals surface area contributed by atoms with Crippen molar-refractivity contribution in [1.29, 1.82) is 0 Å². The molecule has 1 saturated heterocycles. The summed E-state index contributed by atoms with van der Waals surface area (Å²) in [4.78, 5) is 14.3. The molecule has 20 heavy (non-hydrogen) atoms.